The van der Waals surface area contributed by atoms with Crippen LogP contribution in [0.1, 0.15) is 15.9 Å². The van der Waals surface area contributed by atoms with Crippen LogP contribution < -0.4 is 0 Å². The predicted octanol–water partition coefficient (Wildman–Crippen LogP) is 2.25. The molecule has 0 saturated heterocycles. The first-order chi connectivity index (χ1) is 6.60. The van der Waals surface area contributed by atoms with Gasteiger partial charge in [-0.25, -0.2) is 9.18 Å². The van der Waals surface area contributed by atoms with Gasteiger partial charge >= 0.3 is 5.97 Å². The molecule has 0 spiro atoms. The van der Waals surface area contributed by atoms with Crippen LogP contribution in [0.25, 0.3) is 0 Å². The van der Waals surface area contributed by atoms with Gasteiger partial charge in [-0.1, -0.05) is 0 Å². The summed E-state index contributed by atoms with van der Waals surface area (Å²) in [7, 11) is 1.20. The number of methoxy groups -OCH3 is 1. The Labute approximate surface area is 88.2 Å². The number of carbonyl (C=O) groups excluding carboxylic acids is 1. The molecule has 0 saturated carbocycles. The number of ether oxygens (including phenoxy) is 1. The molecule has 1 aromatic rings. The fourth-order valence-electron chi connectivity index (χ4n) is 0.916. The zero-order valence-corrected chi connectivity index (χ0v) is 8.76. The number of nitrogens with zero attached hydrogens (tertiary/aromatic N) is 1. The third kappa shape index (κ3) is 1.91. The van der Waals surface area contributed by atoms with Crippen LogP contribution in [-0.2, 0) is 4.74 Å². The molecule has 1 aromatic carbocycles. The molecule has 14 heavy (non-hydrogen) atoms. The molecule has 72 valence electrons. The molecule has 0 unspecified atom stereocenters. The van der Waals surface area contributed by atoms with Gasteiger partial charge in [-0.3, -0.25) is 0 Å². The summed E-state index contributed by atoms with van der Waals surface area (Å²) >= 11 is 2.99. The van der Waals surface area contributed by atoms with E-state index < -0.39 is 11.8 Å². The smallest absolute Gasteiger partial charge is 0.337 e. The van der Waals surface area contributed by atoms with E-state index in [1.165, 1.54) is 13.2 Å². The van der Waals surface area contributed by atoms with Crippen molar-refractivity contribution in [2.45, 2.75) is 0 Å². The average molecular weight is 258 g/mol. The Bertz CT molecular complexity index is 402. The first-order valence-electron chi connectivity index (χ1n) is 3.57. The molecule has 1 rings (SSSR count). The summed E-state index contributed by atoms with van der Waals surface area (Å²) in [6.07, 6.45) is 0. The maximum atomic E-state index is 13.1. The summed E-state index contributed by atoms with van der Waals surface area (Å²) in [4.78, 5) is 11.0. The van der Waals surface area contributed by atoms with E-state index in [0.717, 1.165) is 6.07 Å². The van der Waals surface area contributed by atoms with Gasteiger partial charge in [0.2, 0.25) is 0 Å². The van der Waals surface area contributed by atoms with E-state index in [-0.39, 0.29) is 15.6 Å². The van der Waals surface area contributed by atoms with Crippen molar-refractivity contribution in [3.63, 3.8) is 0 Å². The predicted molar refractivity (Wildman–Crippen MR) is 50.2 cm³/mol. The van der Waals surface area contributed by atoms with Crippen molar-refractivity contribution in [2.24, 2.45) is 0 Å². The number of hydrogen-bond donors (Lipinski definition) is 0. The number of esters is 1. The van der Waals surface area contributed by atoms with Crippen LogP contribution in [0, 0.1) is 17.1 Å². The Balaban J connectivity index is 3.29. The highest BCUT2D eigenvalue weighted by Crippen LogP contribution is 2.21. The number of rotatable bonds is 1. The second-order valence-corrected chi connectivity index (χ2v) is 3.27. The van der Waals surface area contributed by atoms with E-state index in [0.29, 0.717) is 0 Å². The summed E-state index contributed by atoms with van der Waals surface area (Å²) in [5.41, 5.74) is -0.0615. The molecule has 0 radical (unpaired) electrons. The Morgan fingerprint density at radius 1 is 1.64 bits per heavy atom. The van der Waals surface area contributed by atoms with Crippen LogP contribution in [0.4, 0.5) is 4.39 Å². The molecule has 0 amide bonds. The highest BCUT2D eigenvalue weighted by Gasteiger charge is 2.13. The van der Waals surface area contributed by atoms with Crippen molar-refractivity contribution < 1.29 is 13.9 Å². The maximum Gasteiger partial charge on any atom is 0.337 e. The van der Waals surface area contributed by atoms with Crippen LogP contribution in [0.15, 0.2) is 16.6 Å². The lowest BCUT2D eigenvalue weighted by Crippen LogP contribution is -2.02. The molecular weight excluding hydrogens is 253 g/mol. The molecule has 0 heterocycles. The number of carbonyl (C=O) groups is 1. The molecule has 0 atom stereocenters. The number of benzene rings is 1. The first kappa shape index (κ1) is 10.7. The summed E-state index contributed by atoms with van der Waals surface area (Å²) in [6, 6.07) is 3.98. The van der Waals surface area contributed by atoms with Gasteiger partial charge in [0.05, 0.1) is 12.7 Å². The van der Waals surface area contributed by atoms with Gasteiger partial charge in [-0.2, -0.15) is 5.26 Å². The average Bonchev–Trinajstić information content (AvgIpc) is 2.16. The van der Waals surface area contributed by atoms with E-state index in [1.54, 1.807) is 6.07 Å². The monoisotopic (exact) mass is 257 g/mol. The second kappa shape index (κ2) is 4.20. The summed E-state index contributed by atoms with van der Waals surface area (Å²) in [6.45, 7) is 0. The van der Waals surface area contributed by atoms with Crippen LogP contribution in [0.5, 0.6) is 0 Å². The molecule has 0 aliphatic carbocycles. The van der Waals surface area contributed by atoms with Gasteiger partial charge in [0.25, 0.3) is 0 Å². The highest BCUT2D eigenvalue weighted by atomic mass is 79.9. The second-order valence-electron chi connectivity index (χ2n) is 2.42. The van der Waals surface area contributed by atoms with Crippen molar-refractivity contribution in [2.75, 3.05) is 7.11 Å². The largest absolute Gasteiger partial charge is 0.465 e. The maximum absolute atomic E-state index is 13.1. The molecule has 0 fully saturated rings. The van der Waals surface area contributed by atoms with Crippen LogP contribution >= 0.6 is 15.9 Å². The summed E-state index contributed by atoms with van der Waals surface area (Å²) in [5, 5.41) is 8.55. The highest BCUT2D eigenvalue weighted by molar-refractivity contribution is 9.10. The van der Waals surface area contributed by atoms with E-state index in [9.17, 15) is 9.18 Å². The van der Waals surface area contributed by atoms with Crippen LogP contribution in [-0.4, -0.2) is 13.1 Å². The Hall–Kier alpha value is -1.41. The Morgan fingerprint density at radius 2 is 2.29 bits per heavy atom. The zero-order valence-electron chi connectivity index (χ0n) is 7.17. The van der Waals surface area contributed by atoms with Crippen molar-refractivity contribution in [3.8, 4) is 6.07 Å². The fraction of sp³-hybridized carbons (Fsp3) is 0.111. The Kier molecular flexibility index (Phi) is 3.20. The van der Waals surface area contributed by atoms with Gasteiger partial charge < -0.3 is 4.74 Å². The number of hydrogen-bond acceptors (Lipinski definition) is 3. The van der Waals surface area contributed by atoms with Crippen molar-refractivity contribution in [1.82, 2.24) is 0 Å². The van der Waals surface area contributed by atoms with Gasteiger partial charge in [-0.15, -0.1) is 0 Å². The minimum atomic E-state index is -0.748. The van der Waals surface area contributed by atoms with E-state index in [2.05, 4.69) is 20.7 Å². The fourth-order valence-corrected chi connectivity index (χ4v) is 1.44. The van der Waals surface area contributed by atoms with Crippen molar-refractivity contribution >= 4 is 21.9 Å². The molecular formula is C9H5BrFNO2. The van der Waals surface area contributed by atoms with Crippen LogP contribution in [0.3, 0.4) is 0 Å². The normalized spacial score (nSPS) is 9.29. The van der Waals surface area contributed by atoms with E-state index in [1.807, 2.05) is 0 Å². The van der Waals surface area contributed by atoms with Crippen molar-refractivity contribution in [3.05, 3.63) is 33.5 Å². The number of nitriles is 1. The van der Waals surface area contributed by atoms with Crippen molar-refractivity contribution in [1.29, 1.82) is 5.26 Å². The lowest BCUT2D eigenvalue weighted by atomic mass is 10.1. The lowest BCUT2D eigenvalue weighted by molar-refractivity contribution is 0.0600. The van der Waals surface area contributed by atoms with Gasteiger partial charge in [0.1, 0.15) is 17.4 Å². The Morgan fingerprint density at radius 3 is 2.71 bits per heavy atom. The topological polar surface area (TPSA) is 50.1 Å². The summed E-state index contributed by atoms with van der Waals surface area (Å²) in [5.74, 6) is -1.39. The molecule has 5 heteroatoms. The molecule has 0 bridgehead atoms. The molecule has 0 aliphatic rings. The van der Waals surface area contributed by atoms with Gasteiger partial charge in [-0.05, 0) is 28.1 Å². The molecule has 3 nitrogen and oxygen atoms in total. The first-order valence-corrected chi connectivity index (χ1v) is 4.37. The van der Waals surface area contributed by atoms with E-state index in [4.69, 9.17) is 5.26 Å². The van der Waals surface area contributed by atoms with Gasteiger partial charge in [0.15, 0.2) is 0 Å². The standard InChI is InChI=1S/C9H5BrFNO2/c1-14-9(13)5-2-7(10)6(4-12)8(11)3-5/h2-3H,1H3. The third-order valence-corrected chi connectivity index (χ3v) is 2.20. The molecule has 0 aliphatic heterocycles. The van der Waals surface area contributed by atoms with Gasteiger partial charge in [0, 0.05) is 4.47 Å². The minimum Gasteiger partial charge on any atom is -0.465 e. The molecule has 0 aromatic heterocycles. The zero-order chi connectivity index (χ0) is 10.7. The SMILES string of the molecule is COC(=O)c1cc(F)c(C#N)c(Br)c1. The van der Waals surface area contributed by atoms with Crippen LogP contribution in [0.2, 0.25) is 0 Å². The molecule has 0 N–H and O–H groups in total. The third-order valence-electron chi connectivity index (χ3n) is 1.58. The van der Waals surface area contributed by atoms with E-state index >= 15 is 0 Å². The lowest BCUT2D eigenvalue weighted by Gasteiger charge is -2.02. The minimum absolute atomic E-state index is 0.0656. The quantitative estimate of drug-likeness (QED) is 0.726. The number of halogens is 2. The summed E-state index contributed by atoms with van der Waals surface area (Å²) < 4.78 is 17.8.